The fourth-order valence-corrected chi connectivity index (χ4v) is 1.56. The molecule has 0 heterocycles. The minimum atomic E-state index is -1.56. The van der Waals surface area contributed by atoms with Crippen LogP contribution in [0.2, 0.25) is 0 Å². The van der Waals surface area contributed by atoms with Gasteiger partial charge in [0, 0.05) is 12.4 Å². The van der Waals surface area contributed by atoms with E-state index in [-0.39, 0.29) is 0 Å². The Kier molecular flexibility index (Phi) is 3.60. The van der Waals surface area contributed by atoms with E-state index in [1.165, 1.54) is 7.11 Å². The summed E-state index contributed by atoms with van der Waals surface area (Å²) in [6.07, 6.45) is 0. The number of halogens is 1. The smallest absolute Gasteiger partial charge is 0.202 e. The van der Waals surface area contributed by atoms with Gasteiger partial charge in [-0.3, -0.25) is 0 Å². The molecule has 0 spiro atoms. The van der Waals surface area contributed by atoms with Gasteiger partial charge in [-0.15, -0.1) is 0 Å². The van der Waals surface area contributed by atoms with Crippen molar-refractivity contribution in [1.29, 1.82) is 0 Å². The lowest BCUT2D eigenvalue weighted by Gasteiger charge is -2.07. The zero-order chi connectivity index (χ0) is 8.97. The van der Waals surface area contributed by atoms with Crippen LogP contribution in [0, 0.1) is 0 Å². The number of alkyl halides is 1. The molecule has 2 nitrogen and oxygen atoms in total. The van der Waals surface area contributed by atoms with E-state index in [1.807, 2.05) is 0 Å². The van der Waals surface area contributed by atoms with Crippen molar-refractivity contribution in [2.75, 3.05) is 7.11 Å². The highest BCUT2D eigenvalue weighted by molar-refractivity contribution is 7.54. The maximum Gasteiger partial charge on any atom is 0.202 e. The van der Waals surface area contributed by atoms with Crippen molar-refractivity contribution in [2.45, 2.75) is 6.67 Å². The summed E-state index contributed by atoms with van der Waals surface area (Å²) in [5.41, 5.74) is 0.561. The Morgan fingerprint density at radius 1 is 1.58 bits per heavy atom. The summed E-state index contributed by atoms with van der Waals surface area (Å²) in [5, 5.41) is 0.641. The van der Waals surface area contributed by atoms with Gasteiger partial charge in [0.05, 0.1) is 0 Å². The molecule has 1 aromatic carbocycles. The van der Waals surface area contributed by atoms with Gasteiger partial charge < -0.3 is 9.42 Å². The Labute approximate surface area is 71.9 Å². The fourth-order valence-electron chi connectivity index (χ4n) is 0.864. The van der Waals surface area contributed by atoms with E-state index in [9.17, 15) is 9.28 Å². The summed E-state index contributed by atoms with van der Waals surface area (Å²) in [6.45, 7) is -0.513. The van der Waals surface area contributed by atoms with Gasteiger partial charge in [0.2, 0.25) is 8.38 Å². The van der Waals surface area contributed by atoms with Crippen molar-refractivity contribution in [3.05, 3.63) is 29.8 Å². The van der Waals surface area contributed by atoms with Gasteiger partial charge in [0.1, 0.15) is 6.67 Å². The number of rotatable bonds is 3. The number of hydrogen-bond donors (Lipinski definition) is 1. The molecule has 0 aromatic heterocycles. The molecule has 1 aromatic rings. The second-order valence-corrected chi connectivity index (χ2v) is 3.69. The first-order chi connectivity index (χ1) is 5.77. The van der Waals surface area contributed by atoms with Crippen molar-refractivity contribution in [3.8, 4) is 0 Å². The molecule has 4 heteroatoms. The first-order valence-corrected chi connectivity index (χ1v) is 4.67. The van der Waals surface area contributed by atoms with Crippen molar-refractivity contribution < 1.29 is 13.8 Å². The Bertz CT molecular complexity index is 255. The summed E-state index contributed by atoms with van der Waals surface area (Å²) < 4.78 is 16.9. The normalized spacial score (nSPS) is 12.9. The van der Waals surface area contributed by atoms with Gasteiger partial charge in [-0.05, 0) is 17.7 Å². The highest BCUT2D eigenvalue weighted by Gasteiger charge is 2.06. The van der Waals surface area contributed by atoms with E-state index >= 15 is 0 Å². The van der Waals surface area contributed by atoms with E-state index in [1.54, 1.807) is 24.3 Å². The first-order valence-electron chi connectivity index (χ1n) is 3.46. The predicted octanol–water partition coefficient (Wildman–Crippen LogP) is 1.73. The van der Waals surface area contributed by atoms with Gasteiger partial charge in [0.25, 0.3) is 0 Å². The first kappa shape index (κ1) is 9.59. The van der Waals surface area contributed by atoms with Gasteiger partial charge in [-0.1, -0.05) is 12.1 Å². The van der Waals surface area contributed by atoms with Crippen molar-refractivity contribution in [3.63, 3.8) is 0 Å². The minimum absolute atomic E-state index is 0.513. The van der Waals surface area contributed by atoms with Crippen LogP contribution in [0.15, 0.2) is 24.3 Å². The van der Waals surface area contributed by atoms with E-state index in [4.69, 9.17) is 4.52 Å². The largest absolute Gasteiger partial charge is 0.346 e. The molecular formula is C8H10FO2P. The lowest BCUT2D eigenvalue weighted by molar-refractivity contribution is 0.400. The average molecular weight is 188 g/mol. The Hall–Kier alpha value is -0.500. The van der Waals surface area contributed by atoms with Crippen LogP contribution in [0.3, 0.4) is 0 Å². The minimum Gasteiger partial charge on any atom is -0.346 e. The van der Waals surface area contributed by atoms with E-state index in [0.717, 1.165) is 0 Å². The molecule has 1 rings (SSSR count). The van der Waals surface area contributed by atoms with Crippen LogP contribution in [0.1, 0.15) is 5.56 Å². The summed E-state index contributed by atoms with van der Waals surface area (Å²) in [6, 6.07) is 6.70. The van der Waals surface area contributed by atoms with Gasteiger partial charge in [-0.25, -0.2) is 4.39 Å². The molecule has 0 aliphatic rings. The highest BCUT2D eigenvalue weighted by Crippen LogP contribution is 2.28. The molecule has 1 atom stereocenters. The standard InChI is InChI=1S/C8H10FO2P/c1-11-12(10)8-4-2-3-7(5-8)6-9/h2-5,10H,6H2,1H3. The molecule has 0 radical (unpaired) electrons. The third-order valence-corrected chi connectivity index (χ3v) is 2.52. The second kappa shape index (κ2) is 4.51. The van der Waals surface area contributed by atoms with Crippen LogP contribution in [0.5, 0.6) is 0 Å². The maximum atomic E-state index is 12.2. The lowest BCUT2D eigenvalue weighted by atomic mass is 10.2. The van der Waals surface area contributed by atoms with Crippen LogP contribution < -0.4 is 5.30 Å². The van der Waals surface area contributed by atoms with Crippen LogP contribution >= 0.6 is 8.38 Å². The predicted molar refractivity (Wildman–Crippen MR) is 47.0 cm³/mol. The molecule has 1 N–H and O–H groups in total. The summed E-state index contributed by atoms with van der Waals surface area (Å²) in [4.78, 5) is 9.27. The summed E-state index contributed by atoms with van der Waals surface area (Å²) in [5.74, 6) is 0. The third-order valence-electron chi connectivity index (χ3n) is 1.46. The van der Waals surface area contributed by atoms with Crippen LogP contribution in [0.4, 0.5) is 4.39 Å². The third kappa shape index (κ3) is 2.24. The SMILES string of the molecule is COP(O)c1cccc(CF)c1. The van der Waals surface area contributed by atoms with E-state index < -0.39 is 15.1 Å². The topological polar surface area (TPSA) is 29.5 Å². The van der Waals surface area contributed by atoms with Crippen molar-refractivity contribution >= 4 is 13.7 Å². The lowest BCUT2D eigenvalue weighted by Crippen LogP contribution is -2.01. The van der Waals surface area contributed by atoms with Crippen LogP contribution in [0.25, 0.3) is 0 Å². The highest BCUT2D eigenvalue weighted by atomic mass is 31.2. The van der Waals surface area contributed by atoms with E-state index in [0.29, 0.717) is 10.9 Å². The summed E-state index contributed by atoms with van der Waals surface area (Å²) >= 11 is 0. The summed E-state index contributed by atoms with van der Waals surface area (Å²) in [7, 11) is -0.138. The Morgan fingerprint density at radius 2 is 2.33 bits per heavy atom. The molecule has 0 bridgehead atoms. The zero-order valence-corrected chi connectivity index (χ0v) is 7.59. The molecule has 0 amide bonds. The van der Waals surface area contributed by atoms with Crippen molar-refractivity contribution in [1.82, 2.24) is 0 Å². The van der Waals surface area contributed by atoms with Gasteiger partial charge in [0.15, 0.2) is 0 Å². The van der Waals surface area contributed by atoms with Gasteiger partial charge >= 0.3 is 0 Å². The molecule has 0 aliphatic heterocycles. The molecule has 0 aliphatic carbocycles. The quantitative estimate of drug-likeness (QED) is 0.732. The second-order valence-electron chi connectivity index (χ2n) is 2.26. The molecule has 1 unspecified atom stereocenters. The molecule has 0 saturated carbocycles. The molecule has 12 heavy (non-hydrogen) atoms. The van der Waals surface area contributed by atoms with Crippen molar-refractivity contribution in [2.24, 2.45) is 0 Å². The average Bonchev–Trinajstić information content (AvgIpc) is 2.17. The van der Waals surface area contributed by atoms with E-state index in [2.05, 4.69) is 0 Å². The molecule has 66 valence electrons. The number of hydrogen-bond acceptors (Lipinski definition) is 2. The van der Waals surface area contributed by atoms with Crippen LogP contribution in [-0.2, 0) is 11.2 Å². The van der Waals surface area contributed by atoms with Crippen LogP contribution in [-0.4, -0.2) is 12.0 Å². The Balaban J connectivity index is 2.86. The molecule has 0 fully saturated rings. The monoisotopic (exact) mass is 188 g/mol. The maximum absolute atomic E-state index is 12.2. The fraction of sp³-hybridized carbons (Fsp3) is 0.250. The van der Waals surface area contributed by atoms with Gasteiger partial charge in [-0.2, -0.15) is 0 Å². The zero-order valence-electron chi connectivity index (χ0n) is 6.70. The Morgan fingerprint density at radius 3 is 2.92 bits per heavy atom. The molecule has 0 saturated heterocycles. The number of benzene rings is 1. The molecular weight excluding hydrogens is 178 g/mol.